The van der Waals surface area contributed by atoms with Gasteiger partial charge in [-0.25, -0.2) is 4.79 Å². The molecule has 0 unspecified atom stereocenters. The fraction of sp³-hybridized carbons (Fsp3) is 0.143. The van der Waals surface area contributed by atoms with Crippen LogP contribution in [0.15, 0.2) is 44.6 Å². The van der Waals surface area contributed by atoms with E-state index < -0.39 is 17.1 Å². The van der Waals surface area contributed by atoms with Gasteiger partial charge < -0.3 is 14.6 Å². The van der Waals surface area contributed by atoms with Crippen molar-refractivity contribution in [1.29, 1.82) is 0 Å². The number of hydrogen-bond donors (Lipinski definition) is 2. The van der Waals surface area contributed by atoms with Crippen molar-refractivity contribution in [1.82, 2.24) is 0 Å². The number of rotatable bonds is 4. The quantitative estimate of drug-likeness (QED) is 0.842. The van der Waals surface area contributed by atoms with Gasteiger partial charge in [-0.3, -0.25) is 4.79 Å². The van der Waals surface area contributed by atoms with Gasteiger partial charge in [-0.1, -0.05) is 6.07 Å². The second kappa shape index (κ2) is 5.83. The summed E-state index contributed by atoms with van der Waals surface area (Å²) < 4.78 is 5.07. The van der Waals surface area contributed by atoms with Crippen LogP contribution in [0.5, 0.6) is 5.75 Å². The monoisotopic (exact) mass is 292 g/mol. The molecule has 0 amide bonds. The summed E-state index contributed by atoms with van der Waals surface area (Å²) in [6, 6.07) is 6.35. The lowest BCUT2D eigenvalue weighted by Crippen LogP contribution is -2.00. The maximum absolute atomic E-state index is 11.2. The molecule has 5 nitrogen and oxygen atoms in total. The van der Waals surface area contributed by atoms with Crippen molar-refractivity contribution in [2.24, 2.45) is 0 Å². The van der Waals surface area contributed by atoms with Gasteiger partial charge in [-0.05, 0) is 24.6 Å². The van der Waals surface area contributed by atoms with Crippen LogP contribution in [0.4, 0.5) is 0 Å². The zero-order valence-corrected chi connectivity index (χ0v) is 11.4. The molecule has 0 spiro atoms. The first-order valence-corrected chi connectivity index (χ1v) is 6.73. The largest absolute Gasteiger partial charge is 0.502 e. The minimum Gasteiger partial charge on any atom is -0.502 e. The molecule has 1 aromatic heterocycles. The lowest BCUT2D eigenvalue weighted by Gasteiger charge is -2.05. The highest BCUT2D eigenvalue weighted by Crippen LogP contribution is 2.25. The smallest absolute Gasteiger partial charge is 0.335 e. The van der Waals surface area contributed by atoms with Gasteiger partial charge in [-0.15, -0.1) is 11.8 Å². The number of benzene rings is 1. The highest BCUT2D eigenvalue weighted by molar-refractivity contribution is 7.98. The van der Waals surface area contributed by atoms with Crippen LogP contribution in [0, 0.1) is 6.92 Å². The number of hydrogen-bond acceptors (Lipinski definition) is 5. The summed E-state index contributed by atoms with van der Waals surface area (Å²) in [5.74, 6) is -0.615. The summed E-state index contributed by atoms with van der Waals surface area (Å²) in [4.78, 5) is 23.0. The Kier molecular flexibility index (Phi) is 4.14. The van der Waals surface area contributed by atoms with Gasteiger partial charge >= 0.3 is 5.97 Å². The fourth-order valence-electron chi connectivity index (χ4n) is 1.60. The second-order valence-electron chi connectivity index (χ2n) is 4.17. The molecule has 0 atom stereocenters. The van der Waals surface area contributed by atoms with Crippen molar-refractivity contribution in [2.75, 3.05) is 0 Å². The van der Waals surface area contributed by atoms with Crippen molar-refractivity contribution in [2.45, 2.75) is 17.6 Å². The second-order valence-corrected chi connectivity index (χ2v) is 5.22. The average molecular weight is 292 g/mol. The van der Waals surface area contributed by atoms with E-state index in [9.17, 15) is 9.59 Å². The number of aromatic carboxylic acids is 1. The molecule has 2 aromatic rings. The van der Waals surface area contributed by atoms with Gasteiger partial charge in [0.1, 0.15) is 12.0 Å². The molecule has 0 bridgehead atoms. The predicted octanol–water partition coefficient (Wildman–Crippen LogP) is 2.64. The molecule has 0 saturated carbocycles. The van der Waals surface area contributed by atoms with E-state index in [0.29, 0.717) is 17.1 Å². The molecule has 1 aromatic carbocycles. The minimum atomic E-state index is -0.971. The zero-order valence-electron chi connectivity index (χ0n) is 10.6. The Balaban J connectivity index is 2.14. The summed E-state index contributed by atoms with van der Waals surface area (Å²) in [6.45, 7) is 1.73. The van der Waals surface area contributed by atoms with Gasteiger partial charge in [0.2, 0.25) is 5.43 Å². The maximum Gasteiger partial charge on any atom is 0.335 e. The van der Waals surface area contributed by atoms with Crippen LogP contribution in [-0.2, 0) is 5.75 Å². The fourth-order valence-corrected chi connectivity index (χ4v) is 2.42. The summed E-state index contributed by atoms with van der Waals surface area (Å²) in [5.41, 5.74) is 0.446. The molecule has 0 fully saturated rings. The predicted molar refractivity (Wildman–Crippen MR) is 74.3 cm³/mol. The molecule has 2 N–H and O–H groups in total. The van der Waals surface area contributed by atoms with E-state index in [4.69, 9.17) is 14.6 Å². The van der Waals surface area contributed by atoms with E-state index in [0.717, 1.165) is 11.2 Å². The van der Waals surface area contributed by atoms with E-state index >= 15 is 0 Å². The topological polar surface area (TPSA) is 87.7 Å². The summed E-state index contributed by atoms with van der Waals surface area (Å²) in [5, 5.41) is 18.1. The maximum atomic E-state index is 11.2. The highest BCUT2D eigenvalue weighted by Gasteiger charge is 2.09. The van der Waals surface area contributed by atoms with E-state index in [2.05, 4.69) is 0 Å². The first-order valence-electron chi connectivity index (χ1n) is 5.75. The Morgan fingerprint density at radius 1 is 1.35 bits per heavy atom. The molecular weight excluding hydrogens is 280 g/mol. The third-order valence-corrected chi connectivity index (χ3v) is 3.70. The molecule has 1 heterocycles. The van der Waals surface area contributed by atoms with Gasteiger partial charge in [-0.2, -0.15) is 0 Å². The minimum absolute atomic E-state index is 0.252. The van der Waals surface area contributed by atoms with Crippen molar-refractivity contribution < 1.29 is 19.4 Å². The van der Waals surface area contributed by atoms with Crippen molar-refractivity contribution >= 4 is 17.7 Å². The number of carbonyl (C=O) groups is 1. The molecule has 0 aliphatic rings. The van der Waals surface area contributed by atoms with Crippen molar-refractivity contribution in [3.63, 3.8) is 0 Å². The van der Waals surface area contributed by atoms with E-state index in [1.54, 1.807) is 19.1 Å². The molecule has 2 rings (SSSR count). The number of carboxylic acids is 1. The Hall–Kier alpha value is -2.21. The standard InChI is InChI=1S/C14H12O5S/c1-8-2-3-10(5-11(8)14(17)18)20-7-9-4-12(15)13(16)6-19-9/h2-6,16H,7H2,1H3,(H,17,18). The van der Waals surface area contributed by atoms with Crippen LogP contribution in [0.3, 0.4) is 0 Å². The molecule has 6 heteroatoms. The van der Waals surface area contributed by atoms with Gasteiger partial charge in [0.15, 0.2) is 5.75 Å². The molecular formula is C14H12O5S. The first kappa shape index (κ1) is 14.2. The molecule has 0 aliphatic carbocycles. The van der Waals surface area contributed by atoms with Crippen LogP contribution >= 0.6 is 11.8 Å². The van der Waals surface area contributed by atoms with Gasteiger partial charge in [0, 0.05) is 11.0 Å². The summed E-state index contributed by atoms with van der Waals surface area (Å²) in [7, 11) is 0. The van der Waals surface area contributed by atoms with Crippen LogP contribution in [-0.4, -0.2) is 16.2 Å². The first-order chi connectivity index (χ1) is 9.47. The zero-order chi connectivity index (χ0) is 14.7. The van der Waals surface area contributed by atoms with E-state index in [1.807, 2.05) is 6.07 Å². The Bertz CT molecular complexity index is 705. The van der Waals surface area contributed by atoms with Crippen LogP contribution < -0.4 is 5.43 Å². The average Bonchev–Trinajstić information content (AvgIpc) is 2.41. The Morgan fingerprint density at radius 3 is 2.75 bits per heavy atom. The number of carboxylic acid groups (broad SMARTS) is 1. The third-order valence-electron chi connectivity index (χ3n) is 2.69. The number of thioether (sulfide) groups is 1. The SMILES string of the molecule is Cc1ccc(SCc2cc(=O)c(O)co2)cc1C(=O)O. The lowest BCUT2D eigenvalue weighted by atomic mass is 10.1. The Labute approximate surface area is 118 Å². The summed E-state index contributed by atoms with van der Waals surface area (Å²) in [6.07, 6.45) is 0.996. The molecule has 104 valence electrons. The third kappa shape index (κ3) is 3.21. The van der Waals surface area contributed by atoms with Crippen LogP contribution in [0.1, 0.15) is 21.7 Å². The Morgan fingerprint density at radius 2 is 2.10 bits per heavy atom. The van der Waals surface area contributed by atoms with Gasteiger partial charge in [0.05, 0.1) is 11.3 Å². The van der Waals surface area contributed by atoms with Gasteiger partial charge in [0.25, 0.3) is 0 Å². The normalized spacial score (nSPS) is 10.4. The molecule has 0 aliphatic heterocycles. The molecule has 20 heavy (non-hydrogen) atoms. The number of aryl methyl sites for hydroxylation is 1. The van der Waals surface area contributed by atoms with E-state index in [1.165, 1.54) is 17.8 Å². The molecule has 0 radical (unpaired) electrons. The molecule has 0 saturated heterocycles. The van der Waals surface area contributed by atoms with Crippen LogP contribution in [0.25, 0.3) is 0 Å². The van der Waals surface area contributed by atoms with Crippen LogP contribution in [0.2, 0.25) is 0 Å². The van der Waals surface area contributed by atoms with Crippen molar-refractivity contribution in [3.8, 4) is 5.75 Å². The van der Waals surface area contributed by atoms with Crippen molar-refractivity contribution in [3.05, 3.63) is 57.6 Å². The highest BCUT2D eigenvalue weighted by atomic mass is 32.2. The summed E-state index contributed by atoms with van der Waals surface area (Å²) >= 11 is 1.35. The van der Waals surface area contributed by atoms with E-state index in [-0.39, 0.29) is 5.56 Å². The number of aromatic hydroxyl groups is 1. The lowest BCUT2D eigenvalue weighted by molar-refractivity contribution is 0.0696.